The van der Waals surface area contributed by atoms with E-state index in [2.05, 4.69) is 4.98 Å². The molecule has 0 aromatic carbocycles. The molecule has 0 aliphatic rings. The lowest BCUT2D eigenvalue weighted by atomic mass is 10.2. The summed E-state index contributed by atoms with van der Waals surface area (Å²) in [6.07, 6.45) is -0.207. The minimum Gasteiger partial charge on any atom is -0.481 e. The lowest BCUT2D eigenvalue weighted by Gasteiger charge is -1.97. The van der Waals surface area contributed by atoms with Crippen molar-refractivity contribution in [3.63, 3.8) is 0 Å². The van der Waals surface area contributed by atoms with E-state index >= 15 is 0 Å². The van der Waals surface area contributed by atoms with E-state index in [0.29, 0.717) is 5.69 Å². The Morgan fingerprint density at radius 1 is 1.46 bits per heavy atom. The van der Waals surface area contributed by atoms with Gasteiger partial charge in [0.2, 0.25) is 0 Å². The van der Waals surface area contributed by atoms with Crippen LogP contribution in [0.3, 0.4) is 0 Å². The molecule has 68 valence electrons. The number of aromatic nitrogens is 1. The van der Waals surface area contributed by atoms with E-state index in [0.717, 1.165) is 0 Å². The van der Waals surface area contributed by atoms with Crippen LogP contribution in [0.5, 0.6) is 0 Å². The zero-order valence-corrected chi connectivity index (χ0v) is 6.73. The summed E-state index contributed by atoms with van der Waals surface area (Å²) in [5, 5.41) is 8.44. The second-order valence-corrected chi connectivity index (χ2v) is 2.45. The number of carbonyl (C=O) groups is 2. The molecule has 0 aliphatic heterocycles. The molecule has 0 atom stereocenters. The number of hydrogen-bond acceptors (Lipinski definition) is 3. The number of pyridine rings is 1. The topological polar surface area (TPSA) is 93.3 Å². The summed E-state index contributed by atoms with van der Waals surface area (Å²) in [6.45, 7) is 0. The summed E-state index contributed by atoms with van der Waals surface area (Å²) in [5.74, 6) is -1.65. The van der Waals surface area contributed by atoms with E-state index in [4.69, 9.17) is 10.8 Å². The van der Waals surface area contributed by atoms with Gasteiger partial charge < -0.3 is 10.8 Å². The van der Waals surface area contributed by atoms with E-state index in [9.17, 15) is 9.59 Å². The molecule has 1 rings (SSSR count). The number of rotatable bonds is 3. The molecular formula is C8H8N2O3. The molecule has 0 saturated heterocycles. The number of nitrogens with two attached hydrogens (primary N) is 1. The maximum Gasteiger partial charge on any atom is 0.309 e. The van der Waals surface area contributed by atoms with Crippen molar-refractivity contribution in [1.29, 1.82) is 0 Å². The Labute approximate surface area is 74.2 Å². The van der Waals surface area contributed by atoms with Crippen LogP contribution in [0.2, 0.25) is 0 Å². The third-order valence-corrected chi connectivity index (χ3v) is 1.39. The number of hydrogen-bond donors (Lipinski definition) is 2. The predicted molar refractivity (Wildman–Crippen MR) is 44.1 cm³/mol. The Kier molecular flexibility index (Phi) is 2.59. The van der Waals surface area contributed by atoms with Crippen LogP contribution in [0.1, 0.15) is 16.2 Å². The van der Waals surface area contributed by atoms with E-state index in [1.165, 1.54) is 12.1 Å². The molecule has 3 N–H and O–H groups in total. The van der Waals surface area contributed by atoms with Crippen LogP contribution >= 0.6 is 0 Å². The predicted octanol–water partition coefficient (Wildman–Crippen LogP) is -0.192. The molecule has 5 nitrogen and oxygen atoms in total. The second kappa shape index (κ2) is 3.66. The largest absolute Gasteiger partial charge is 0.481 e. The fourth-order valence-electron chi connectivity index (χ4n) is 0.870. The average molecular weight is 180 g/mol. The molecule has 5 heteroatoms. The fraction of sp³-hybridized carbons (Fsp3) is 0.125. The van der Waals surface area contributed by atoms with Gasteiger partial charge in [-0.15, -0.1) is 0 Å². The van der Waals surface area contributed by atoms with Crippen LogP contribution in [0, 0.1) is 0 Å². The number of carbonyl (C=O) groups excluding carboxylic acids is 1. The number of primary amides is 1. The molecule has 0 spiro atoms. The zero-order valence-electron chi connectivity index (χ0n) is 6.73. The van der Waals surface area contributed by atoms with Gasteiger partial charge in [-0.1, -0.05) is 6.07 Å². The first-order valence-corrected chi connectivity index (χ1v) is 3.57. The molecular weight excluding hydrogens is 172 g/mol. The lowest BCUT2D eigenvalue weighted by Crippen LogP contribution is -2.14. The smallest absolute Gasteiger partial charge is 0.309 e. The maximum absolute atomic E-state index is 10.7. The maximum atomic E-state index is 10.7. The van der Waals surface area contributed by atoms with Gasteiger partial charge in [-0.25, -0.2) is 4.98 Å². The number of amides is 1. The molecule has 0 unspecified atom stereocenters. The van der Waals surface area contributed by atoms with Crippen molar-refractivity contribution in [2.75, 3.05) is 0 Å². The van der Waals surface area contributed by atoms with Gasteiger partial charge >= 0.3 is 5.97 Å². The molecule has 0 fully saturated rings. The van der Waals surface area contributed by atoms with E-state index in [-0.39, 0.29) is 12.1 Å². The van der Waals surface area contributed by atoms with Crippen molar-refractivity contribution in [1.82, 2.24) is 4.98 Å². The van der Waals surface area contributed by atoms with Crippen LogP contribution in [0.4, 0.5) is 0 Å². The zero-order chi connectivity index (χ0) is 9.84. The average Bonchev–Trinajstić information content (AvgIpc) is 2.03. The standard InChI is InChI=1S/C8H8N2O3/c9-8(13)6-3-1-2-5(10-6)4-7(11)12/h1-3H,4H2,(H2,9,13)(H,11,12). The molecule has 13 heavy (non-hydrogen) atoms. The quantitative estimate of drug-likeness (QED) is 0.674. The number of aliphatic carboxylic acids is 1. The third-order valence-electron chi connectivity index (χ3n) is 1.39. The van der Waals surface area contributed by atoms with Gasteiger partial charge in [0.25, 0.3) is 5.91 Å². The third kappa shape index (κ3) is 2.55. The molecule has 0 bridgehead atoms. The molecule has 1 heterocycles. The first-order chi connectivity index (χ1) is 6.09. The van der Waals surface area contributed by atoms with Crippen molar-refractivity contribution >= 4 is 11.9 Å². The van der Waals surface area contributed by atoms with Gasteiger partial charge in [0.05, 0.1) is 12.1 Å². The first kappa shape index (κ1) is 9.18. The van der Waals surface area contributed by atoms with E-state index < -0.39 is 11.9 Å². The highest BCUT2D eigenvalue weighted by atomic mass is 16.4. The molecule has 1 aromatic heterocycles. The van der Waals surface area contributed by atoms with Crippen LogP contribution in [0.25, 0.3) is 0 Å². The monoisotopic (exact) mass is 180 g/mol. The molecule has 0 aliphatic carbocycles. The highest BCUT2D eigenvalue weighted by Crippen LogP contribution is 1.99. The number of nitrogens with zero attached hydrogens (tertiary/aromatic N) is 1. The van der Waals surface area contributed by atoms with Crippen molar-refractivity contribution < 1.29 is 14.7 Å². The van der Waals surface area contributed by atoms with Gasteiger partial charge in [-0.05, 0) is 12.1 Å². The summed E-state index contributed by atoms with van der Waals surface area (Å²) in [5.41, 5.74) is 5.37. The Morgan fingerprint density at radius 2 is 2.15 bits per heavy atom. The van der Waals surface area contributed by atoms with Crippen LogP contribution < -0.4 is 5.73 Å². The van der Waals surface area contributed by atoms with E-state index in [1.54, 1.807) is 6.07 Å². The number of carboxylic acid groups (broad SMARTS) is 1. The van der Waals surface area contributed by atoms with Crippen LogP contribution in [-0.4, -0.2) is 22.0 Å². The normalized spacial score (nSPS) is 9.54. The summed E-state index contributed by atoms with van der Waals surface area (Å²) < 4.78 is 0. The van der Waals surface area contributed by atoms with Crippen LogP contribution in [-0.2, 0) is 11.2 Å². The summed E-state index contributed by atoms with van der Waals surface area (Å²) >= 11 is 0. The van der Waals surface area contributed by atoms with Gasteiger partial charge in [0.1, 0.15) is 5.69 Å². The Bertz CT molecular complexity index is 349. The van der Waals surface area contributed by atoms with Gasteiger partial charge in [0, 0.05) is 0 Å². The van der Waals surface area contributed by atoms with Gasteiger partial charge in [0.15, 0.2) is 0 Å². The molecule has 0 saturated carbocycles. The minimum absolute atomic E-state index is 0.0822. The number of carboxylic acids is 1. The Hall–Kier alpha value is -1.91. The Balaban J connectivity index is 2.91. The molecule has 0 radical (unpaired) electrons. The van der Waals surface area contributed by atoms with Crippen molar-refractivity contribution in [2.45, 2.75) is 6.42 Å². The van der Waals surface area contributed by atoms with Gasteiger partial charge in [-0.3, -0.25) is 9.59 Å². The SMILES string of the molecule is NC(=O)c1cccc(CC(=O)O)n1. The highest BCUT2D eigenvalue weighted by molar-refractivity contribution is 5.90. The second-order valence-electron chi connectivity index (χ2n) is 2.45. The fourth-order valence-corrected chi connectivity index (χ4v) is 0.870. The lowest BCUT2D eigenvalue weighted by molar-refractivity contribution is -0.136. The van der Waals surface area contributed by atoms with E-state index in [1.807, 2.05) is 0 Å². The summed E-state index contributed by atoms with van der Waals surface area (Å²) in [6, 6.07) is 4.51. The summed E-state index contributed by atoms with van der Waals surface area (Å²) in [7, 11) is 0. The van der Waals surface area contributed by atoms with Crippen molar-refractivity contribution in [3.8, 4) is 0 Å². The van der Waals surface area contributed by atoms with Gasteiger partial charge in [-0.2, -0.15) is 0 Å². The molecule has 1 amide bonds. The van der Waals surface area contributed by atoms with Crippen molar-refractivity contribution in [2.24, 2.45) is 5.73 Å². The highest BCUT2D eigenvalue weighted by Gasteiger charge is 2.05. The first-order valence-electron chi connectivity index (χ1n) is 3.57. The van der Waals surface area contributed by atoms with Crippen LogP contribution in [0.15, 0.2) is 18.2 Å². The Morgan fingerprint density at radius 3 is 2.69 bits per heavy atom. The van der Waals surface area contributed by atoms with Crippen molar-refractivity contribution in [3.05, 3.63) is 29.6 Å². The summed E-state index contributed by atoms with van der Waals surface area (Å²) in [4.78, 5) is 24.7. The molecule has 1 aromatic rings. The minimum atomic E-state index is -0.992.